The molecule has 0 bridgehead atoms. The minimum atomic E-state index is 0.804. The molecule has 1 aromatic carbocycles. The van der Waals surface area contributed by atoms with Crippen molar-refractivity contribution in [1.29, 1.82) is 0 Å². The van der Waals surface area contributed by atoms with Crippen LogP contribution in [0.15, 0.2) is 55.0 Å². The lowest BCUT2D eigenvalue weighted by atomic mass is 10.0. The van der Waals surface area contributed by atoms with Gasteiger partial charge in [-0.25, -0.2) is 0 Å². The predicted molar refractivity (Wildman–Crippen MR) is 80.0 cm³/mol. The summed E-state index contributed by atoms with van der Waals surface area (Å²) in [4.78, 5) is 4.04. The number of aromatic amines is 1. The molecule has 4 nitrogen and oxygen atoms in total. The van der Waals surface area contributed by atoms with E-state index in [0.717, 1.165) is 17.8 Å². The first-order valence-corrected chi connectivity index (χ1v) is 6.56. The van der Waals surface area contributed by atoms with Crippen molar-refractivity contribution in [2.75, 3.05) is 7.05 Å². The first-order chi connectivity index (χ1) is 9.88. The molecule has 0 fully saturated rings. The van der Waals surface area contributed by atoms with Crippen molar-refractivity contribution in [3.8, 4) is 22.4 Å². The Morgan fingerprint density at radius 2 is 1.60 bits per heavy atom. The fourth-order valence-corrected chi connectivity index (χ4v) is 2.26. The molecule has 0 radical (unpaired) electrons. The smallest absolute Gasteiger partial charge is 0.0695 e. The fourth-order valence-electron chi connectivity index (χ4n) is 2.26. The predicted octanol–water partition coefficient (Wildman–Crippen LogP) is 2.86. The second kappa shape index (κ2) is 5.67. The van der Waals surface area contributed by atoms with Crippen molar-refractivity contribution in [2.45, 2.75) is 6.54 Å². The summed E-state index contributed by atoms with van der Waals surface area (Å²) in [6.07, 6.45) is 5.48. The molecule has 3 rings (SSSR count). The molecule has 0 aliphatic carbocycles. The van der Waals surface area contributed by atoms with Crippen LogP contribution in [0.4, 0.5) is 0 Å². The van der Waals surface area contributed by atoms with E-state index in [1.165, 1.54) is 16.7 Å². The van der Waals surface area contributed by atoms with Crippen LogP contribution in [0.3, 0.4) is 0 Å². The number of benzene rings is 1. The number of pyridine rings is 1. The van der Waals surface area contributed by atoms with Gasteiger partial charge in [0.2, 0.25) is 0 Å². The van der Waals surface area contributed by atoms with Crippen molar-refractivity contribution >= 4 is 0 Å². The molecule has 0 aliphatic heterocycles. The third-order valence-electron chi connectivity index (χ3n) is 3.27. The van der Waals surface area contributed by atoms with Gasteiger partial charge in [0.05, 0.1) is 11.9 Å². The summed E-state index contributed by atoms with van der Waals surface area (Å²) >= 11 is 0. The molecule has 20 heavy (non-hydrogen) atoms. The normalized spacial score (nSPS) is 10.7. The molecule has 2 heterocycles. The second-order valence-corrected chi connectivity index (χ2v) is 4.61. The Hall–Kier alpha value is -2.46. The van der Waals surface area contributed by atoms with Crippen molar-refractivity contribution in [2.24, 2.45) is 0 Å². The zero-order valence-corrected chi connectivity index (χ0v) is 11.3. The van der Waals surface area contributed by atoms with E-state index in [1.54, 1.807) is 0 Å². The van der Waals surface area contributed by atoms with Gasteiger partial charge in [-0.1, -0.05) is 24.3 Å². The Balaban J connectivity index is 1.91. The van der Waals surface area contributed by atoms with Crippen LogP contribution in [-0.4, -0.2) is 22.2 Å². The molecule has 4 heteroatoms. The molecule has 0 spiro atoms. The third-order valence-corrected chi connectivity index (χ3v) is 3.27. The number of hydrogen-bond acceptors (Lipinski definition) is 3. The van der Waals surface area contributed by atoms with E-state index < -0.39 is 0 Å². The Bertz CT molecular complexity index is 671. The van der Waals surface area contributed by atoms with Crippen molar-refractivity contribution < 1.29 is 0 Å². The summed E-state index contributed by atoms with van der Waals surface area (Å²) in [7, 11) is 1.93. The van der Waals surface area contributed by atoms with Gasteiger partial charge in [0.1, 0.15) is 0 Å². The highest BCUT2D eigenvalue weighted by atomic mass is 15.1. The van der Waals surface area contributed by atoms with E-state index in [9.17, 15) is 0 Å². The number of nitrogens with one attached hydrogen (secondary N) is 2. The Kier molecular flexibility index (Phi) is 3.56. The summed E-state index contributed by atoms with van der Waals surface area (Å²) in [5, 5.41) is 10.3. The average Bonchev–Trinajstić information content (AvgIpc) is 2.97. The Morgan fingerprint density at radius 1 is 0.950 bits per heavy atom. The lowest BCUT2D eigenvalue weighted by Crippen LogP contribution is -2.05. The molecule has 100 valence electrons. The van der Waals surface area contributed by atoms with Crippen LogP contribution in [0.2, 0.25) is 0 Å². The monoisotopic (exact) mass is 264 g/mol. The number of nitrogens with zero attached hydrogens (tertiary/aromatic N) is 2. The van der Waals surface area contributed by atoms with Gasteiger partial charge in [-0.15, -0.1) is 0 Å². The molecule has 0 atom stereocenters. The van der Waals surface area contributed by atoms with Gasteiger partial charge in [-0.2, -0.15) is 5.10 Å². The lowest BCUT2D eigenvalue weighted by molar-refractivity contribution is 0.820. The molecule has 2 aromatic heterocycles. The topological polar surface area (TPSA) is 53.6 Å². The van der Waals surface area contributed by atoms with Crippen molar-refractivity contribution in [3.63, 3.8) is 0 Å². The first-order valence-electron chi connectivity index (χ1n) is 6.56. The minimum Gasteiger partial charge on any atom is -0.316 e. The third kappa shape index (κ3) is 2.46. The number of H-pyrrole nitrogens is 1. The zero-order valence-electron chi connectivity index (χ0n) is 11.3. The molecule has 0 saturated carbocycles. The Morgan fingerprint density at radius 3 is 2.30 bits per heavy atom. The maximum Gasteiger partial charge on any atom is 0.0695 e. The molecule has 0 saturated heterocycles. The maximum absolute atomic E-state index is 4.12. The van der Waals surface area contributed by atoms with Crippen LogP contribution in [0.5, 0.6) is 0 Å². The molecule has 3 aromatic rings. The van der Waals surface area contributed by atoms with Crippen LogP contribution < -0.4 is 5.32 Å². The average molecular weight is 264 g/mol. The highest BCUT2D eigenvalue weighted by Gasteiger charge is 2.07. The summed E-state index contributed by atoms with van der Waals surface area (Å²) in [5.74, 6) is 0. The van der Waals surface area contributed by atoms with Gasteiger partial charge in [0, 0.05) is 24.5 Å². The highest BCUT2D eigenvalue weighted by molar-refractivity contribution is 5.69. The van der Waals surface area contributed by atoms with Gasteiger partial charge < -0.3 is 5.32 Å². The molecule has 2 N–H and O–H groups in total. The number of hydrogen-bond donors (Lipinski definition) is 2. The van der Waals surface area contributed by atoms with Crippen LogP contribution >= 0.6 is 0 Å². The van der Waals surface area contributed by atoms with Gasteiger partial charge in [-0.3, -0.25) is 10.1 Å². The van der Waals surface area contributed by atoms with Crippen LogP contribution in [0.25, 0.3) is 22.4 Å². The van der Waals surface area contributed by atoms with Gasteiger partial charge >= 0.3 is 0 Å². The second-order valence-electron chi connectivity index (χ2n) is 4.61. The van der Waals surface area contributed by atoms with Crippen LogP contribution in [-0.2, 0) is 6.54 Å². The summed E-state index contributed by atoms with van der Waals surface area (Å²) < 4.78 is 0. The minimum absolute atomic E-state index is 0.804. The van der Waals surface area contributed by atoms with E-state index in [-0.39, 0.29) is 0 Å². The molecule has 0 amide bonds. The molecular formula is C16H16N4. The molecule has 0 unspecified atom stereocenters. The first kappa shape index (κ1) is 12.6. The van der Waals surface area contributed by atoms with Crippen LogP contribution in [0.1, 0.15) is 5.56 Å². The van der Waals surface area contributed by atoms with E-state index in [4.69, 9.17) is 0 Å². The SMILES string of the molecule is CNCc1cn[nH]c1-c1ccc(-c2ccncc2)cc1. The molecule has 0 aliphatic rings. The quantitative estimate of drug-likeness (QED) is 0.762. The van der Waals surface area contributed by atoms with Crippen molar-refractivity contribution in [3.05, 3.63) is 60.6 Å². The highest BCUT2D eigenvalue weighted by Crippen LogP contribution is 2.25. The Labute approximate surface area is 117 Å². The van der Waals surface area contributed by atoms with E-state index >= 15 is 0 Å². The van der Waals surface area contributed by atoms with E-state index in [1.807, 2.05) is 37.8 Å². The number of rotatable bonds is 4. The standard InChI is InChI=1S/C16H16N4/c1-17-10-15-11-19-20-16(15)14-4-2-12(3-5-14)13-6-8-18-9-7-13/h2-9,11,17H,10H2,1H3,(H,19,20). The van der Waals surface area contributed by atoms with E-state index in [0.29, 0.717) is 0 Å². The van der Waals surface area contributed by atoms with Crippen molar-refractivity contribution in [1.82, 2.24) is 20.5 Å². The molecular weight excluding hydrogens is 248 g/mol. The van der Waals surface area contributed by atoms with E-state index in [2.05, 4.69) is 44.8 Å². The fraction of sp³-hybridized carbons (Fsp3) is 0.125. The summed E-state index contributed by atoms with van der Waals surface area (Å²) in [5.41, 5.74) is 5.74. The van der Waals surface area contributed by atoms with Gasteiger partial charge in [-0.05, 0) is 35.9 Å². The zero-order chi connectivity index (χ0) is 13.8. The summed E-state index contributed by atoms with van der Waals surface area (Å²) in [6, 6.07) is 12.5. The van der Waals surface area contributed by atoms with Gasteiger partial charge in [0.25, 0.3) is 0 Å². The largest absolute Gasteiger partial charge is 0.316 e. The van der Waals surface area contributed by atoms with Gasteiger partial charge in [0.15, 0.2) is 0 Å². The maximum atomic E-state index is 4.12. The number of aromatic nitrogens is 3. The lowest BCUT2D eigenvalue weighted by Gasteiger charge is -2.05. The van der Waals surface area contributed by atoms with Crippen LogP contribution in [0, 0.1) is 0 Å². The summed E-state index contributed by atoms with van der Waals surface area (Å²) in [6.45, 7) is 0.804.